The maximum Gasteiger partial charge on any atom is 0.153 e. The van der Waals surface area contributed by atoms with E-state index in [1.165, 1.54) is 12.1 Å². The molecule has 0 saturated carbocycles. The fourth-order valence-corrected chi connectivity index (χ4v) is 3.63. The third kappa shape index (κ3) is 4.40. The zero-order valence-corrected chi connectivity index (χ0v) is 16.5. The molecule has 3 heterocycles. The molecule has 0 fully saturated rings. The van der Waals surface area contributed by atoms with Crippen LogP contribution in [0.3, 0.4) is 0 Å². The molecule has 9 heteroatoms. The molecule has 1 aromatic carbocycles. The number of aryl methyl sites for hydroxylation is 1. The number of anilines is 3. The highest BCUT2D eigenvalue weighted by Crippen LogP contribution is 2.27. The smallest absolute Gasteiger partial charge is 0.153 e. The Kier molecular flexibility index (Phi) is 5.22. The Morgan fingerprint density at radius 3 is 2.62 bits per heavy atom. The molecule has 0 saturated heterocycles. The van der Waals surface area contributed by atoms with E-state index in [1.54, 1.807) is 31.3 Å². The first-order valence-corrected chi connectivity index (χ1v) is 9.79. The monoisotopic (exact) mass is 412 g/mol. The molecule has 3 aromatic heterocycles. The van der Waals surface area contributed by atoms with Gasteiger partial charge < -0.3 is 10.6 Å². The molecule has 0 aliphatic carbocycles. The third-order valence-corrected chi connectivity index (χ3v) is 5.16. The fourth-order valence-electron chi connectivity index (χ4n) is 2.93. The number of benzene rings is 1. The predicted octanol–water partition coefficient (Wildman–Crippen LogP) is 5.43. The Hall–Kier alpha value is -3.33. The zero-order valence-electron chi connectivity index (χ0n) is 15.7. The van der Waals surface area contributed by atoms with Crippen LogP contribution in [0.15, 0.2) is 47.8 Å². The van der Waals surface area contributed by atoms with Crippen LogP contribution in [-0.4, -0.2) is 20.2 Å². The summed E-state index contributed by atoms with van der Waals surface area (Å²) < 4.78 is 27.2. The molecule has 1 atom stereocenters. The van der Waals surface area contributed by atoms with Crippen LogP contribution >= 0.6 is 11.3 Å². The molecule has 4 aromatic rings. The summed E-state index contributed by atoms with van der Waals surface area (Å²) in [6.07, 6.45) is 0. The van der Waals surface area contributed by atoms with Crippen LogP contribution < -0.4 is 10.6 Å². The average molecular weight is 412 g/mol. The standard InChI is InChI=1S/C20H18F2N6S/c1-11(14-6-5-13(21)8-15(14)22)23-18-10-19(25-12(2)24-18)26-20-9-16(27-28-20)17-4-3-7-29-17/h3-11H,1-2H3,(H3,23,24,25,26,27,28). The summed E-state index contributed by atoms with van der Waals surface area (Å²) in [7, 11) is 0. The van der Waals surface area contributed by atoms with E-state index in [9.17, 15) is 8.78 Å². The van der Waals surface area contributed by atoms with Crippen LogP contribution in [0.25, 0.3) is 10.6 Å². The highest BCUT2D eigenvalue weighted by atomic mass is 32.1. The molecule has 29 heavy (non-hydrogen) atoms. The Morgan fingerprint density at radius 1 is 1.03 bits per heavy atom. The third-order valence-electron chi connectivity index (χ3n) is 4.25. The Bertz CT molecular complexity index is 1130. The molecule has 0 bridgehead atoms. The van der Waals surface area contributed by atoms with E-state index in [2.05, 4.69) is 30.8 Å². The van der Waals surface area contributed by atoms with Gasteiger partial charge in [-0.25, -0.2) is 18.7 Å². The summed E-state index contributed by atoms with van der Waals surface area (Å²) >= 11 is 1.62. The van der Waals surface area contributed by atoms with Crippen LogP contribution in [0.1, 0.15) is 24.4 Å². The van der Waals surface area contributed by atoms with E-state index in [0.29, 0.717) is 28.8 Å². The van der Waals surface area contributed by atoms with Crippen molar-refractivity contribution in [1.29, 1.82) is 0 Å². The summed E-state index contributed by atoms with van der Waals surface area (Å²) in [6.45, 7) is 3.54. The average Bonchev–Trinajstić information content (AvgIpc) is 3.32. The maximum absolute atomic E-state index is 14.0. The summed E-state index contributed by atoms with van der Waals surface area (Å²) in [4.78, 5) is 9.81. The number of hydrogen-bond donors (Lipinski definition) is 3. The SMILES string of the molecule is Cc1nc(Nc2cc(-c3cccs3)[nH]n2)cc(NC(C)c2ccc(F)cc2F)n1. The molecule has 0 spiro atoms. The number of thiophene rings is 1. The van der Waals surface area contributed by atoms with E-state index in [1.807, 2.05) is 23.6 Å². The van der Waals surface area contributed by atoms with Gasteiger partial charge in [-0.1, -0.05) is 12.1 Å². The number of H-pyrrole nitrogens is 1. The van der Waals surface area contributed by atoms with Crippen molar-refractivity contribution in [3.63, 3.8) is 0 Å². The highest BCUT2D eigenvalue weighted by Gasteiger charge is 2.14. The maximum atomic E-state index is 14.0. The Morgan fingerprint density at radius 2 is 1.86 bits per heavy atom. The minimum absolute atomic E-state index is 0.352. The van der Waals surface area contributed by atoms with Gasteiger partial charge in [0.2, 0.25) is 0 Å². The van der Waals surface area contributed by atoms with Crippen molar-refractivity contribution in [3.05, 3.63) is 70.9 Å². The summed E-state index contributed by atoms with van der Waals surface area (Å²) in [6, 6.07) is 10.7. The quantitative estimate of drug-likeness (QED) is 0.393. The van der Waals surface area contributed by atoms with Gasteiger partial charge in [-0.2, -0.15) is 5.10 Å². The first-order chi connectivity index (χ1) is 14.0. The normalized spacial score (nSPS) is 12.0. The van der Waals surface area contributed by atoms with Gasteiger partial charge in [0.05, 0.1) is 16.6 Å². The topological polar surface area (TPSA) is 78.5 Å². The first-order valence-electron chi connectivity index (χ1n) is 8.91. The van der Waals surface area contributed by atoms with Gasteiger partial charge >= 0.3 is 0 Å². The van der Waals surface area contributed by atoms with Crippen molar-refractivity contribution in [3.8, 4) is 10.6 Å². The van der Waals surface area contributed by atoms with Crippen molar-refractivity contribution < 1.29 is 8.78 Å². The number of halogens is 2. The summed E-state index contributed by atoms with van der Waals surface area (Å²) in [5.74, 6) is 1.02. The molecule has 0 radical (unpaired) electrons. The predicted molar refractivity (Wildman–Crippen MR) is 110 cm³/mol. The molecule has 0 aliphatic rings. The molecular formula is C20H18F2N6S. The highest BCUT2D eigenvalue weighted by molar-refractivity contribution is 7.13. The van der Waals surface area contributed by atoms with Gasteiger partial charge in [-0.15, -0.1) is 11.3 Å². The van der Waals surface area contributed by atoms with Gasteiger partial charge in [0.15, 0.2) is 5.82 Å². The van der Waals surface area contributed by atoms with Crippen molar-refractivity contribution >= 4 is 28.8 Å². The Labute approximate surface area is 170 Å². The van der Waals surface area contributed by atoms with Crippen LogP contribution in [0.5, 0.6) is 0 Å². The van der Waals surface area contributed by atoms with Crippen LogP contribution in [-0.2, 0) is 0 Å². The lowest BCUT2D eigenvalue weighted by Crippen LogP contribution is -2.11. The number of aromatic nitrogens is 4. The van der Waals surface area contributed by atoms with Crippen molar-refractivity contribution in [2.75, 3.05) is 10.6 Å². The second-order valence-corrected chi connectivity index (χ2v) is 7.43. The number of rotatable bonds is 6. The number of aromatic amines is 1. The molecule has 148 valence electrons. The molecular weight excluding hydrogens is 394 g/mol. The van der Waals surface area contributed by atoms with E-state index >= 15 is 0 Å². The van der Waals surface area contributed by atoms with Gasteiger partial charge in [-0.3, -0.25) is 5.10 Å². The van der Waals surface area contributed by atoms with Crippen LogP contribution in [0.2, 0.25) is 0 Å². The van der Waals surface area contributed by atoms with Gasteiger partial charge in [0, 0.05) is 23.8 Å². The van der Waals surface area contributed by atoms with Crippen LogP contribution in [0.4, 0.5) is 26.2 Å². The lowest BCUT2D eigenvalue weighted by molar-refractivity contribution is 0.566. The number of hydrogen-bond acceptors (Lipinski definition) is 6. The summed E-state index contributed by atoms with van der Waals surface area (Å²) in [5, 5.41) is 15.5. The van der Waals surface area contributed by atoms with Gasteiger partial charge in [-0.05, 0) is 31.4 Å². The number of nitrogens with zero attached hydrogens (tertiary/aromatic N) is 3. The molecule has 4 rings (SSSR count). The van der Waals surface area contributed by atoms with E-state index < -0.39 is 17.7 Å². The lowest BCUT2D eigenvalue weighted by Gasteiger charge is -2.16. The largest absolute Gasteiger partial charge is 0.363 e. The lowest BCUT2D eigenvalue weighted by atomic mass is 10.1. The second-order valence-electron chi connectivity index (χ2n) is 6.49. The van der Waals surface area contributed by atoms with Crippen molar-refractivity contribution in [2.45, 2.75) is 19.9 Å². The molecule has 1 unspecified atom stereocenters. The van der Waals surface area contributed by atoms with Gasteiger partial charge in [0.1, 0.15) is 29.1 Å². The number of nitrogens with one attached hydrogen (secondary N) is 3. The first kappa shape index (κ1) is 19.0. The second kappa shape index (κ2) is 7.96. The Balaban J connectivity index is 1.51. The fraction of sp³-hybridized carbons (Fsp3) is 0.150. The molecule has 0 amide bonds. The van der Waals surface area contributed by atoms with E-state index in [4.69, 9.17) is 0 Å². The van der Waals surface area contributed by atoms with Crippen molar-refractivity contribution in [1.82, 2.24) is 20.2 Å². The zero-order chi connectivity index (χ0) is 20.4. The molecule has 0 aliphatic heterocycles. The minimum Gasteiger partial charge on any atom is -0.363 e. The van der Waals surface area contributed by atoms with E-state index in [0.717, 1.165) is 16.6 Å². The van der Waals surface area contributed by atoms with Crippen molar-refractivity contribution in [2.24, 2.45) is 0 Å². The van der Waals surface area contributed by atoms with E-state index in [-0.39, 0.29) is 0 Å². The van der Waals surface area contributed by atoms with Crippen LogP contribution in [0, 0.1) is 18.6 Å². The molecule has 3 N–H and O–H groups in total. The minimum atomic E-state index is -0.608. The summed E-state index contributed by atoms with van der Waals surface area (Å²) in [5.41, 5.74) is 1.26. The van der Waals surface area contributed by atoms with Gasteiger partial charge in [0.25, 0.3) is 0 Å². The molecule has 6 nitrogen and oxygen atoms in total.